The zero-order valence-electron chi connectivity index (χ0n) is 15.5. The molecule has 29 heavy (non-hydrogen) atoms. The molecule has 3 aromatic carbocycles. The van der Waals surface area contributed by atoms with E-state index in [-0.39, 0.29) is 24.5 Å². The molecule has 0 saturated carbocycles. The molecule has 0 aliphatic rings. The first-order valence-corrected chi connectivity index (χ1v) is 10.5. The Kier molecular flexibility index (Phi) is 6.90. The third kappa shape index (κ3) is 5.59. The van der Waals surface area contributed by atoms with Crippen molar-refractivity contribution in [1.82, 2.24) is 0 Å². The number of nitrogens with zero attached hydrogens (tertiary/aromatic N) is 1. The first kappa shape index (κ1) is 20.9. The second-order valence-electron chi connectivity index (χ2n) is 6.28. The third-order valence-electron chi connectivity index (χ3n) is 4.21. The first-order chi connectivity index (χ1) is 14.0. The summed E-state index contributed by atoms with van der Waals surface area (Å²) in [4.78, 5) is 10.3. The van der Waals surface area contributed by atoms with Crippen molar-refractivity contribution in [2.45, 2.75) is 19.1 Å². The predicted molar refractivity (Wildman–Crippen MR) is 108 cm³/mol. The fourth-order valence-corrected chi connectivity index (χ4v) is 4.16. The lowest BCUT2D eigenvalue weighted by molar-refractivity contribution is -0.384. The van der Waals surface area contributed by atoms with Crippen molar-refractivity contribution < 1.29 is 23.6 Å². The fourth-order valence-electron chi connectivity index (χ4n) is 2.61. The Hall–Kier alpha value is -2.83. The van der Waals surface area contributed by atoms with Gasteiger partial charge in [0.05, 0.1) is 18.1 Å². The smallest absolute Gasteiger partial charge is 0.364 e. The van der Waals surface area contributed by atoms with Gasteiger partial charge in [-0.05, 0) is 28.8 Å². The number of nitro groups is 1. The minimum atomic E-state index is -4.02. The molecule has 0 heterocycles. The number of hydrogen-bond acceptors (Lipinski definition) is 6. The Balaban J connectivity index is 1.81. The van der Waals surface area contributed by atoms with Crippen LogP contribution in [0.3, 0.4) is 0 Å². The van der Waals surface area contributed by atoms with E-state index in [0.717, 1.165) is 11.1 Å². The lowest BCUT2D eigenvalue weighted by Crippen LogP contribution is -2.07. The van der Waals surface area contributed by atoms with Crippen LogP contribution in [0.4, 0.5) is 5.69 Å². The van der Waals surface area contributed by atoms with Gasteiger partial charge in [0.1, 0.15) is 0 Å². The summed E-state index contributed by atoms with van der Waals surface area (Å²) in [5, 5.41) is 21.6. The zero-order valence-corrected chi connectivity index (χ0v) is 16.4. The lowest BCUT2D eigenvalue weighted by atomic mass is 10.2. The maximum absolute atomic E-state index is 13.5. The van der Waals surface area contributed by atoms with Crippen molar-refractivity contribution in [3.05, 3.63) is 112 Å². The largest absolute Gasteiger partial charge is 0.376 e. The van der Waals surface area contributed by atoms with E-state index in [2.05, 4.69) is 0 Å². The van der Waals surface area contributed by atoms with Crippen LogP contribution in [-0.4, -0.2) is 10.0 Å². The molecule has 0 amide bonds. The number of nitro benzene ring substituents is 1. The van der Waals surface area contributed by atoms with Gasteiger partial charge < -0.3 is 14.2 Å². The molecule has 0 spiro atoms. The minimum Gasteiger partial charge on any atom is -0.376 e. The topological polar surface area (TPSA) is 98.9 Å². The molecule has 0 aliphatic carbocycles. The molecule has 3 aromatic rings. The van der Waals surface area contributed by atoms with Gasteiger partial charge in [-0.1, -0.05) is 60.7 Å². The molecule has 0 bridgehead atoms. The molecule has 0 saturated heterocycles. The van der Waals surface area contributed by atoms with Gasteiger partial charge in [0.15, 0.2) is 5.85 Å². The fraction of sp³-hybridized carbons (Fsp3) is 0.143. The standard InChI is InChI=1S/C21H20NO6P/c23-21(19-11-13-20(14-12-19)22(24)25)29(26,27-15-17-7-3-1-4-8-17)28-16-18-9-5-2-6-10-18/h1-14,21,23H,15-16H2. The first-order valence-electron chi connectivity index (χ1n) is 8.87. The predicted octanol–water partition coefficient (Wildman–Crippen LogP) is 5.21. The van der Waals surface area contributed by atoms with E-state index in [1.807, 2.05) is 36.4 Å². The molecule has 0 fully saturated rings. The number of aliphatic hydroxyl groups is 1. The Morgan fingerprint density at radius 1 is 0.828 bits per heavy atom. The van der Waals surface area contributed by atoms with Crippen LogP contribution in [0.1, 0.15) is 22.5 Å². The number of hydrogen-bond donors (Lipinski definition) is 1. The Morgan fingerprint density at radius 3 is 1.69 bits per heavy atom. The molecular formula is C21H20NO6P. The summed E-state index contributed by atoms with van der Waals surface area (Å²) in [5.41, 5.74) is 1.62. The number of rotatable bonds is 9. The molecular weight excluding hydrogens is 393 g/mol. The average molecular weight is 413 g/mol. The molecule has 150 valence electrons. The molecule has 1 N–H and O–H groups in total. The van der Waals surface area contributed by atoms with Gasteiger partial charge in [0.25, 0.3) is 5.69 Å². The van der Waals surface area contributed by atoms with E-state index in [1.54, 1.807) is 24.3 Å². The van der Waals surface area contributed by atoms with E-state index in [4.69, 9.17) is 9.05 Å². The lowest BCUT2D eigenvalue weighted by Gasteiger charge is -2.24. The molecule has 8 heteroatoms. The second-order valence-corrected chi connectivity index (χ2v) is 8.37. The maximum Gasteiger partial charge on any atom is 0.364 e. The van der Waals surface area contributed by atoms with Crippen LogP contribution in [0.15, 0.2) is 84.9 Å². The van der Waals surface area contributed by atoms with E-state index < -0.39 is 18.4 Å². The number of aliphatic hydroxyl groups excluding tert-OH is 1. The normalized spacial score (nSPS) is 12.4. The van der Waals surface area contributed by atoms with Gasteiger partial charge in [-0.3, -0.25) is 14.7 Å². The molecule has 1 unspecified atom stereocenters. The van der Waals surface area contributed by atoms with E-state index in [0.29, 0.717) is 0 Å². The SMILES string of the molecule is O=[N+]([O-])c1ccc(C(O)P(=O)(OCc2ccccc2)OCc2ccccc2)cc1. The molecule has 0 aliphatic heterocycles. The highest BCUT2D eigenvalue weighted by molar-refractivity contribution is 7.54. The summed E-state index contributed by atoms with van der Waals surface area (Å²) >= 11 is 0. The van der Waals surface area contributed by atoms with Crippen LogP contribution < -0.4 is 0 Å². The molecule has 0 radical (unpaired) electrons. The van der Waals surface area contributed by atoms with E-state index in [1.165, 1.54) is 24.3 Å². The quantitative estimate of drug-likeness (QED) is 0.294. The summed E-state index contributed by atoms with van der Waals surface area (Å²) in [7, 11) is -4.02. The Morgan fingerprint density at radius 2 is 1.28 bits per heavy atom. The van der Waals surface area contributed by atoms with Crippen molar-refractivity contribution in [3.8, 4) is 0 Å². The molecule has 7 nitrogen and oxygen atoms in total. The van der Waals surface area contributed by atoms with Crippen molar-refractivity contribution in [2.75, 3.05) is 0 Å². The van der Waals surface area contributed by atoms with Crippen molar-refractivity contribution in [1.29, 1.82) is 0 Å². The number of benzene rings is 3. The summed E-state index contributed by atoms with van der Waals surface area (Å²) in [6.07, 6.45) is 0. The van der Waals surface area contributed by atoms with Gasteiger partial charge in [-0.25, -0.2) is 0 Å². The van der Waals surface area contributed by atoms with Crippen LogP contribution in [-0.2, 0) is 26.8 Å². The monoisotopic (exact) mass is 413 g/mol. The van der Waals surface area contributed by atoms with Crippen molar-refractivity contribution >= 4 is 13.3 Å². The van der Waals surface area contributed by atoms with Gasteiger partial charge in [0, 0.05) is 12.1 Å². The third-order valence-corrected chi connectivity index (χ3v) is 6.08. The van der Waals surface area contributed by atoms with Crippen LogP contribution in [0, 0.1) is 10.1 Å². The van der Waals surface area contributed by atoms with E-state index in [9.17, 15) is 19.8 Å². The summed E-state index contributed by atoms with van der Waals surface area (Å²) < 4.78 is 24.6. The maximum atomic E-state index is 13.5. The molecule has 1 atom stereocenters. The van der Waals surface area contributed by atoms with Gasteiger partial charge in [-0.15, -0.1) is 0 Å². The Bertz CT molecular complexity index is 932. The number of non-ortho nitro benzene ring substituents is 1. The summed E-state index contributed by atoms with van der Waals surface area (Å²) in [5.74, 6) is -1.59. The minimum absolute atomic E-state index is 0.0169. The van der Waals surface area contributed by atoms with Crippen molar-refractivity contribution in [2.24, 2.45) is 0 Å². The summed E-state index contributed by atoms with van der Waals surface area (Å²) in [6, 6.07) is 23.3. The van der Waals surface area contributed by atoms with Gasteiger partial charge >= 0.3 is 7.60 Å². The summed E-state index contributed by atoms with van der Waals surface area (Å²) in [6.45, 7) is -0.0338. The van der Waals surface area contributed by atoms with Crippen LogP contribution in [0.25, 0.3) is 0 Å². The second kappa shape index (κ2) is 9.58. The molecule has 0 aromatic heterocycles. The van der Waals surface area contributed by atoms with Crippen molar-refractivity contribution in [3.63, 3.8) is 0 Å². The Labute approximate surface area is 168 Å². The highest BCUT2D eigenvalue weighted by Gasteiger charge is 2.36. The van der Waals surface area contributed by atoms with Gasteiger partial charge in [-0.2, -0.15) is 0 Å². The van der Waals surface area contributed by atoms with Crippen LogP contribution in [0.5, 0.6) is 0 Å². The van der Waals surface area contributed by atoms with Gasteiger partial charge in [0.2, 0.25) is 0 Å². The average Bonchev–Trinajstić information content (AvgIpc) is 2.77. The van der Waals surface area contributed by atoms with Crippen LogP contribution in [0.2, 0.25) is 0 Å². The highest BCUT2D eigenvalue weighted by atomic mass is 31.2. The van der Waals surface area contributed by atoms with E-state index >= 15 is 0 Å². The van der Waals surface area contributed by atoms with Crippen LogP contribution >= 0.6 is 7.60 Å². The molecule has 3 rings (SSSR count). The zero-order chi connectivity index (χ0) is 20.7. The highest BCUT2D eigenvalue weighted by Crippen LogP contribution is 2.60.